The van der Waals surface area contributed by atoms with Crippen molar-refractivity contribution in [1.29, 1.82) is 0 Å². The highest BCUT2D eigenvalue weighted by molar-refractivity contribution is 5.91. The number of nitrogens with one attached hydrogen (secondary N) is 1. The van der Waals surface area contributed by atoms with E-state index in [2.05, 4.69) is 17.4 Å². The number of esters is 2. The molecule has 0 radical (unpaired) electrons. The molecule has 1 N–H and O–H groups in total. The second kappa shape index (κ2) is 16.3. The zero-order valence-corrected chi connectivity index (χ0v) is 21.2. The first-order chi connectivity index (χ1) is 15.7. The Kier molecular flexibility index (Phi) is 14.2. The Hall–Kier alpha value is -2.34. The number of rotatable bonds is 16. The average Bonchev–Trinajstić information content (AvgIpc) is 2.74. The zero-order chi connectivity index (χ0) is 24.5. The minimum absolute atomic E-state index is 0.0954. The molecule has 0 heterocycles. The molecular formula is C27H43NO5. The molecular weight excluding hydrogens is 418 g/mol. The smallest absolute Gasteiger partial charge is 0.373 e. The summed E-state index contributed by atoms with van der Waals surface area (Å²) in [4.78, 5) is 23.6. The second-order valence-corrected chi connectivity index (χ2v) is 9.01. The molecule has 0 spiro atoms. The van der Waals surface area contributed by atoms with Crippen LogP contribution in [0.5, 0.6) is 0 Å². The molecule has 0 amide bonds. The van der Waals surface area contributed by atoms with Gasteiger partial charge < -0.3 is 19.5 Å². The van der Waals surface area contributed by atoms with Crippen molar-refractivity contribution in [1.82, 2.24) is 5.32 Å². The third-order valence-corrected chi connectivity index (χ3v) is 4.80. The molecule has 6 nitrogen and oxygen atoms in total. The van der Waals surface area contributed by atoms with E-state index in [4.69, 9.17) is 14.2 Å². The topological polar surface area (TPSA) is 73.9 Å². The van der Waals surface area contributed by atoms with Crippen LogP contribution in [0, 0.1) is 0 Å². The van der Waals surface area contributed by atoms with Gasteiger partial charge in [-0.3, -0.25) is 4.79 Å². The van der Waals surface area contributed by atoms with Crippen LogP contribution < -0.4 is 5.32 Å². The molecule has 0 aliphatic rings. The molecule has 6 heteroatoms. The second-order valence-electron chi connectivity index (χ2n) is 9.01. The third-order valence-electron chi connectivity index (χ3n) is 4.80. The first kappa shape index (κ1) is 28.7. The Morgan fingerprint density at radius 2 is 1.52 bits per heavy atom. The van der Waals surface area contributed by atoms with Crippen LogP contribution >= 0.6 is 0 Å². The van der Waals surface area contributed by atoms with E-state index in [9.17, 15) is 9.59 Å². The summed E-state index contributed by atoms with van der Waals surface area (Å²) >= 11 is 0. The summed E-state index contributed by atoms with van der Waals surface area (Å²) < 4.78 is 15.8. The molecule has 1 rings (SSSR count). The van der Waals surface area contributed by atoms with E-state index in [0.29, 0.717) is 19.6 Å². The molecule has 0 unspecified atom stereocenters. The molecule has 186 valence electrons. The minimum atomic E-state index is -0.435. The van der Waals surface area contributed by atoms with Crippen LogP contribution in [-0.2, 0) is 30.2 Å². The van der Waals surface area contributed by atoms with Crippen molar-refractivity contribution in [3.05, 3.63) is 41.2 Å². The summed E-state index contributed by atoms with van der Waals surface area (Å²) in [6.07, 6.45) is 8.62. The van der Waals surface area contributed by atoms with E-state index >= 15 is 0 Å². The maximum Gasteiger partial charge on any atom is 0.373 e. The van der Waals surface area contributed by atoms with Crippen LogP contribution in [0.3, 0.4) is 0 Å². The van der Waals surface area contributed by atoms with Crippen molar-refractivity contribution < 1.29 is 23.8 Å². The van der Waals surface area contributed by atoms with Crippen LogP contribution in [0.15, 0.2) is 30.0 Å². The Morgan fingerprint density at radius 1 is 0.879 bits per heavy atom. The maximum absolute atomic E-state index is 11.9. The standard InChI is InChI=1S/C27H43NO5/c1-6-31-24(26(30)32-7-2)21-23-16-14-22(15-17-23)18-20-28-19-12-10-8-9-11-13-25(29)33-27(3,4)5/h14-17,21,28H,6-13,18-20H2,1-5H3. The monoisotopic (exact) mass is 461 g/mol. The fourth-order valence-electron chi connectivity index (χ4n) is 3.25. The number of carbonyl (C=O) groups is 2. The van der Waals surface area contributed by atoms with Gasteiger partial charge in [0.25, 0.3) is 0 Å². The Bertz CT molecular complexity index is 719. The van der Waals surface area contributed by atoms with Gasteiger partial charge in [0.1, 0.15) is 5.60 Å². The number of hydrogen-bond donors (Lipinski definition) is 1. The summed E-state index contributed by atoms with van der Waals surface area (Å²) in [5.41, 5.74) is 1.77. The van der Waals surface area contributed by atoms with Crippen molar-refractivity contribution in [2.45, 2.75) is 85.2 Å². The number of carbonyl (C=O) groups excluding carboxylic acids is 2. The number of benzene rings is 1. The first-order valence-electron chi connectivity index (χ1n) is 12.3. The Labute approximate surface area is 200 Å². The average molecular weight is 462 g/mol. The SMILES string of the molecule is CCOC(=O)C(=Cc1ccc(CCNCCCCCCCC(=O)OC(C)(C)C)cc1)OCC. The summed E-state index contributed by atoms with van der Waals surface area (Å²) in [6, 6.07) is 8.13. The molecule has 1 aromatic carbocycles. The van der Waals surface area contributed by atoms with E-state index < -0.39 is 5.97 Å². The molecule has 1 aromatic rings. The van der Waals surface area contributed by atoms with Gasteiger partial charge in [-0.25, -0.2) is 4.79 Å². The highest BCUT2D eigenvalue weighted by atomic mass is 16.6. The molecule has 0 atom stereocenters. The third kappa shape index (κ3) is 14.4. The molecule has 33 heavy (non-hydrogen) atoms. The Morgan fingerprint density at radius 3 is 2.15 bits per heavy atom. The van der Waals surface area contributed by atoms with Crippen LogP contribution in [0.4, 0.5) is 0 Å². The van der Waals surface area contributed by atoms with Crippen molar-refractivity contribution in [2.24, 2.45) is 0 Å². The van der Waals surface area contributed by atoms with Crippen molar-refractivity contribution in [3.63, 3.8) is 0 Å². The lowest BCUT2D eigenvalue weighted by molar-refractivity contribution is -0.155. The van der Waals surface area contributed by atoms with Gasteiger partial charge in [-0.2, -0.15) is 0 Å². The largest absolute Gasteiger partial charge is 0.487 e. The summed E-state index contributed by atoms with van der Waals surface area (Å²) in [5, 5.41) is 3.49. The highest BCUT2D eigenvalue weighted by Crippen LogP contribution is 2.13. The van der Waals surface area contributed by atoms with Crippen LogP contribution in [0.2, 0.25) is 0 Å². The minimum Gasteiger partial charge on any atom is -0.487 e. The van der Waals surface area contributed by atoms with E-state index in [1.165, 1.54) is 12.0 Å². The molecule has 0 saturated heterocycles. The predicted molar refractivity (Wildman–Crippen MR) is 133 cm³/mol. The van der Waals surface area contributed by atoms with Crippen molar-refractivity contribution >= 4 is 18.0 Å². The van der Waals surface area contributed by atoms with E-state index in [1.807, 2.05) is 39.8 Å². The quantitative estimate of drug-likeness (QED) is 0.153. The normalized spacial score (nSPS) is 11.8. The number of ether oxygens (including phenoxy) is 3. The summed E-state index contributed by atoms with van der Waals surface area (Å²) in [5.74, 6) is -0.295. The van der Waals surface area contributed by atoms with Gasteiger partial charge in [-0.15, -0.1) is 0 Å². The molecule has 0 aliphatic heterocycles. The lowest BCUT2D eigenvalue weighted by atomic mass is 10.1. The number of unbranched alkanes of at least 4 members (excludes halogenated alkanes) is 4. The van der Waals surface area contributed by atoms with Crippen LogP contribution in [0.1, 0.15) is 84.3 Å². The maximum atomic E-state index is 11.9. The molecule has 0 fully saturated rings. The van der Waals surface area contributed by atoms with Gasteiger partial charge in [0.05, 0.1) is 13.2 Å². The fraction of sp³-hybridized carbons (Fsp3) is 0.630. The van der Waals surface area contributed by atoms with Crippen molar-refractivity contribution in [3.8, 4) is 0 Å². The van der Waals surface area contributed by atoms with E-state index in [1.54, 1.807) is 13.0 Å². The lowest BCUT2D eigenvalue weighted by Gasteiger charge is -2.19. The van der Waals surface area contributed by atoms with Crippen LogP contribution in [0.25, 0.3) is 6.08 Å². The first-order valence-corrected chi connectivity index (χ1v) is 12.3. The molecule has 0 aromatic heterocycles. The van der Waals surface area contributed by atoms with E-state index in [-0.39, 0.29) is 17.3 Å². The summed E-state index contributed by atoms with van der Waals surface area (Å²) in [6.45, 7) is 12.0. The molecule has 0 aliphatic carbocycles. The molecule has 0 saturated carbocycles. The van der Waals surface area contributed by atoms with E-state index in [0.717, 1.165) is 50.8 Å². The zero-order valence-electron chi connectivity index (χ0n) is 21.2. The fourth-order valence-corrected chi connectivity index (χ4v) is 3.25. The molecule has 0 bridgehead atoms. The van der Waals surface area contributed by atoms with Gasteiger partial charge in [-0.05, 0) is 84.2 Å². The van der Waals surface area contributed by atoms with Crippen LogP contribution in [-0.4, -0.2) is 43.8 Å². The van der Waals surface area contributed by atoms with Gasteiger partial charge in [0, 0.05) is 6.42 Å². The highest BCUT2D eigenvalue weighted by Gasteiger charge is 2.15. The van der Waals surface area contributed by atoms with Gasteiger partial charge in [-0.1, -0.05) is 43.5 Å². The predicted octanol–water partition coefficient (Wildman–Crippen LogP) is 5.44. The lowest BCUT2D eigenvalue weighted by Crippen LogP contribution is -2.23. The van der Waals surface area contributed by atoms with Crippen molar-refractivity contribution in [2.75, 3.05) is 26.3 Å². The van der Waals surface area contributed by atoms with Gasteiger partial charge in [0.2, 0.25) is 5.76 Å². The van der Waals surface area contributed by atoms with Gasteiger partial charge in [0.15, 0.2) is 0 Å². The van der Waals surface area contributed by atoms with Gasteiger partial charge >= 0.3 is 11.9 Å². The Balaban J connectivity index is 2.17. The summed E-state index contributed by atoms with van der Waals surface area (Å²) in [7, 11) is 0. The number of hydrogen-bond acceptors (Lipinski definition) is 6.